The molecule has 0 aliphatic carbocycles. The molecule has 0 bridgehead atoms. The number of carbonyl (C=O) groups is 3. The summed E-state index contributed by atoms with van der Waals surface area (Å²) in [6, 6.07) is 18.9. The van der Waals surface area contributed by atoms with Gasteiger partial charge in [-0.3, -0.25) is 9.59 Å². The van der Waals surface area contributed by atoms with Crippen molar-refractivity contribution >= 4 is 29.2 Å². The summed E-state index contributed by atoms with van der Waals surface area (Å²) < 4.78 is 16.1. The number of para-hydroxylation sites is 1. The molecule has 0 aliphatic rings. The lowest BCUT2D eigenvalue weighted by Crippen LogP contribution is -2.28. The molecule has 0 unspecified atom stereocenters. The number of nitrogens with one attached hydrogen (secondary N) is 2. The Labute approximate surface area is 210 Å². The summed E-state index contributed by atoms with van der Waals surface area (Å²) in [7, 11) is 2.92. The third-order valence-corrected chi connectivity index (χ3v) is 5.29. The van der Waals surface area contributed by atoms with Gasteiger partial charge in [-0.1, -0.05) is 51.1 Å². The molecule has 0 atom stereocenters. The molecule has 8 nitrogen and oxygen atoms in total. The molecule has 2 N–H and O–H groups in total. The van der Waals surface area contributed by atoms with Crippen molar-refractivity contribution in [2.75, 3.05) is 24.9 Å². The van der Waals surface area contributed by atoms with Gasteiger partial charge in [-0.25, -0.2) is 4.79 Å². The van der Waals surface area contributed by atoms with Crippen molar-refractivity contribution in [2.45, 2.75) is 27.4 Å². The van der Waals surface area contributed by atoms with Gasteiger partial charge in [0.1, 0.15) is 6.61 Å². The van der Waals surface area contributed by atoms with Crippen molar-refractivity contribution in [3.63, 3.8) is 0 Å². The van der Waals surface area contributed by atoms with Crippen LogP contribution in [0.5, 0.6) is 11.5 Å². The van der Waals surface area contributed by atoms with Crippen molar-refractivity contribution in [3.8, 4) is 11.5 Å². The summed E-state index contributed by atoms with van der Waals surface area (Å²) in [5.41, 5.74) is 1.57. The van der Waals surface area contributed by atoms with E-state index < -0.39 is 11.4 Å². The van der Waals surface area contributed by atoms with Crippen LogP contribution in [0, 0.1) is 5.41 Å². The Morgan fingerprint density at radius 3 is 2.00 bits per heavy atom. The van der Waals surface area contributed by atoms with E-state index >= 15 is 0 Å². The van der Waals surface area contributed by atoms with Crippen LogP contribution in [0.4, 0.5) is 11.4 Å². The molecule has 0 aliphatic heterocycles. The first kappa shape index (κ1) is 26.3. The van der Waals surface area contributed by atoms with Gasteiger partial charge >= 0.3 is 5.97 Å². The van der Waals surface area contributed by atoms with Crippen LogP contribution in [0.3, 0.4) is 0 Å². The molecule has 0 heterocycles. The fourth-order valence-corrected chi connectivity index (χ4v) is 3.16. The number of methoxy groups -OCH3 is 2. The fourth-order valence-electron chi connectivity index (χ4n) is 3.16. The van der Waals surface area contributed by atoms with Crippen LogP contribution in [0.15, 0.2) is 66.7 Å². The Morgan fingerprint density at radius 2 is 1.42 bits per heavy atom. The van der Waals surface area contributed by atoms with E-state index in [2.05, 4.69) is 10.6 Å². The number of anilines is 2. The van der Waals surface area contributed by atoms with Crippen LogP contribution in [0.25, 0.3) is 0 Å². The summed E-state index contributed by atoms with van der Waals surface area (Å²) in [6.07, 6.45) is 0. The van der Waals surface area contributed by atoms with Crippen molar-refractivity contribution in [1.82, 2.24) is 0 Å². The van der Waals surface area contributed by atoms with Crippen molar-refractivity contribution in [3.05, 3.63) is 83.4 Å². The van der Waals surface area contributed by atoms with Gasteiger partial charge in [0.2, 0.25) is 5.91 Å². The molecular formula is C28H30N2O6. The summed E-state index contributed by atoms with van der Waals surface area (Å²) >= 11 is 0. The minimum atomic E-state index is -0.678. The Bertz CT molecular complexity index is 1230. The van der Waals surface area contributed by atoms with E-state index in [9.17, 15) is 14.4 Å². The minimum Gasteiger partial charge on any atom is -0.493 e. The predicted molar refractivity (Wildman–Crippen MR) is 138 cm³/mol. The molecule has 0 spiro atoms. The highest BCUT2D eigenvalue weighted by Gasteiger charge is 2.25. The van der Waals surface area contributed by atoms with Gasteiger partial charge in [-0.05, 0) is 29.8 Å². The number of hydrogen-bond donors (Lipinski definition) is 2. The topological polar surface area (TPSA) is 103 Å². The molecule has 2 amide bonds. The number of ether oxygens (including phenoxy) is 3. The maximum Gasteiger partial charge on any atom is 0.340 e. The molecule has 0 saturated carbocycles. The molecule has 0 radical (unpaired) electrons. The quantitative estimate of drug-likeness (QED) is 0.416. The molecule has 0 fully saturated rings. The normalized spacial score (nSPS) is 10.8. The van der Waals surface area contributed by atoms with Gasteiger partial charge < -0.3 is 24.8 Å². The van der Waals surface area contributed by atoms with Crippen molar-refractivity contribution < 1.29 is 28.6 Å². The third kappa shape index (κ3) is 6.63. The third-order valence-electron chi connectivity index (χ3n) is 5.29. The van der Waals surface area contributed by atoms with Crippen LogP contribution < -0.4 is 20.1 Å². The Kier molecular flexibility index (Phi) is 8.32. The first-order valence-electron chi connectivity index (χ1n) is 11.3. The highest BCUT2D eigenvalue weighted by molar-refractivity contribution is 6.04. The highest BCUT2D eigenvalue weighted by atomic mass is 16.5. The predicted octanol–water partition coefficient (Wildman–Crippen LogP) is 5.30. The number of amides is 2. The van der Waals surface area contributed by atoms with Crippen LogP contribution in [0.2, 0.25) is 0 Å². The van der Waals surface area contributed by atoms with E-state index in [1.54, 1.807) is 57.2 Å². The molecular weight excluding hydrogens is 460 g/mol. The van der Waals surface area contributed by atoms with Crippen molar-refractivity contribution in [2.24, 2.45) is 5.41 Å². The molecule has 0 saturated heterocycles. The van der Waals surface area contributed by atoms with E-state index in [0.717, 1.165) is 0 Å². The molecule has 188 valence electrons. The summed E-state index contributed by atoms with van der Waals surface area (Å²) in [4.78, 5) is 38.0. The summed E-state index contributed by atoms with van der Waals surface area (Å²) in [6.45, 7) is 5.28. The standard InChI is InChI=1S/C28H30N2O6/c1-28(2,3)27(33)30-22-16-24(35-5)23(34-4)15-21(22)26(32)36-17-18-11-13-19(14-12-18)25(31)29-20-9-7-6-8-10-20/h6-16H,17H2,1-5H3,(H,29,31)(H,30,33). The smallest absolute Gasteiger partial charge is 0.340 e. The second-order valence-corrected chi connectivity index (χ2v) is 9.05. The van der Waals surface area contributed by atoms with Crippen LogP contribution in [0.1, 0.15) is 47.1 Å². The van der Waals surface area contributed by atoms with Gasteiger partial charge in [-0.2, -0.15) is 0 Å². The maximum atomic E-state index is 13.0. The van der Waals surface area contributed by atoms with Gasteiger partial charge in [0.05, 0.1) is 25.5 Å². The van der Waals surface area contributed by atoms with E-state index in [1.807, 2.05) is 18.2 Å². The Balaban J connectivity index is 1.73. The number of benzene rings is 3. The molecule has 3 aromatic rings. The Morgan fingerprint density at radius 1 is 0.806 bits per heavy atom. The van der Waals surface area contributed by atoms with E-state index in [1.165, 1.54) is 26.4 Å². The fraction of sp³-hybridized carbons (Fsp3) is 0.250. The highest BCUT2D eigenvalue weighted by Crippen LogP contribution is 2.34. The lowest BCUT2D eigenvalue weighted by atomic mass is 9.95. The number of hydrogen-bond acceptors (Lipinski definition) is 6. The van der Waals surface area contributed by atoms with Gasteiger partial charge in [-0.15, -0.1) is 0 Å². The zero-order chi connectivity index (χ0) is 26.3. The number of rotatable bonds is 8. The maximum absolute atomic E-state index is 13.0. The average Bonchev–Trinajstić information content (AvgIpc) is 2.87. The minimum absolute atomic E-state index is 0.0274. The monoisotopic (exact) mass is 490 g/mol. The first-order chi connectivity index (χ1) is 17.1. The largest absolute Gasteiger partial charge is 0.493 e. The van der Waals surface area contributed by atoms with E-state index in [-0.39, 0.29) is 29.7 Å². The average molecular weight is 491 g/mol. The van der Waals surface area contributed by atoms with E-state index in [4.69, 9.17) is 14.2 Å². The lowest BCUT2D eigenvalue weighted by molar-refractivity contribution is -0.123. The first-order valence-corrected chi connectivity index (χ1v) is 11.3. The second kappa shape index (κ2) is 11.4. The SMILES string of the molecule is COc1cc(NC(=O)C(C)(C)C)c(C(=O)OCc2ccc(C(=O)Nc3ccccc3)cc2)cc1OC. The molecule has 36 heavy (non-hydrogen) atoms. The molecule has 0 aromatic heterocycles. The number of esters is 1. The summed E-state index contributed by atoms with van der Waals surface area (Å²) in [5, 5.41) is 5.60. The summed E-state index contributed by atoms with van der Waals surface area (Å²) in [5.74, 6) is -0.469. The second-order valence-electron chi connectivity index (χ2n) is 9.05. The lowest BCUT2D eigenvalue weighted by Gasteiger charge is -2.20. The van der Waals surface area contributed by atoms with Gasteiger partial charge in [0.15, 0.2) is 11.5 Å². The van der Waals surface area contributed by atoms with Crippen LogP contribution in [-0.4, -0.2) is 32.0 Å². The van der Waals surface area contributed by atoms with E-state index in [0.29, 0.717) is 28.3 Å². The number of carbonyl (C=O) groups excluding carboxylic acids is 3. The molecule has 8 heteroatoms. The van der Waals surface area contributed by atoms with Crippen LogP contribution >= 0.6 is 0 Å². The van der Waals surface area contributed by atoms with Crippen molar-refractivity contribution in [1.29, 1.82) is 0 Å². The van der Waals surface area contributed by atoms with Gasteiger partial charge in [0.25, 0.3) is 5.91 Å². The van der Waals surface area contributed by atoms with Crippen LogP contribution in [-0.2, 0) is 16.1 Å². The Hall–Kier alpha value is -4.33. The molecule has 3 aromatic carbocycles. The molecule has 3 rings (SSSR count). The zero-order valence-electron chi connectivity index (χ0n) is 21.0. The van der Waals surface area contributed by atoms with Gasteiger partial charge in [0, 0.05) is 28.8 Å². The zero-order valence-corrected chi connectivity index (χ0v) is 21.0.